The van der Waals surface area contributed by atoms with E-state index < -0.39 is 35.3 Å². The van der Waals surface area contributed by atoms with Gasteiger partial charge in [0.1, 0.15) is 0 Å². The fourth-order valence-corrected chi connectivity index (χ4v) is 2.47. The van der Waals surface area contributed by atoms with Gasteiger partial charge in [-0.1, -0.05) is 12.1 Å². The summed E-state index contributed by atoms with van der Waals surface area (Å²) in [5.41, 5.74) is -0.920. The van der Waals surface area contributed by atoms with Crippen LogP contribution in [-0.2, 0) is 21.9 Å². The van der Waals surface area contributed by atoms with Gasteiger partial charge in [-0.15, -0.1) is 11.6 Å². The van der Waals surface area contributed by atoms with Crippen molar-refractivity contribution < 1.29 is 22.5 Å². The van der Waals surface area contributed by atoms with Crippen molar-refractivity contribution >= 4 is 18.7 Å². The summed E-state index contributed by atoms with van der Waals surface area (Å²) in [5, 5.41) is -0.474. The Bertz CT molecular complexity index is 513. The van der Waals surface area contributed by atoms with Gasteiger partial charge in [-0.05, 0) is 51.8 Å². The summed E-state index contributed by atoms with van der Waals surface area (Å²) in [4.78, 5) is 0. The smallest absolute Gasteiger partial charge is 0.402 e. The Balaban J connectivity index is 2.03. The Labute approximate surface area is 134 Å². The first-order chi connectivity index (χ1) is 9.92. The van der Waals surface area contributed by atoms with Crippen LogP contribution in [0.2, 0.25) is 0 Å². The van der Waals surface area contributed by atoms with E-state index >= 15 is 0 Å². The molecule has 1 fully saturated rings. The Morgan fingerprint density at radius 2 is 1.50 bits per heavy atom. The molecule has 0 aromatic heterocycles. The average molecular weight is 335 g/mol. The van der Waals surface area contributed by atoms with Crippen LogP contribution in [0, 0.1) is 0 Å². The highest BCUT2D eigenvalue weighted by Crippen LogP contribution is 2.39. The number of rotatable bonds is 3. The molecule has 7 heteroatoms. The normalized spacial score (nSPS) is 21.9. The van der Waals surface area contributed by atoms with Crippen LogP contribution in [-0.4, -0.2) is 23.6 Å². The summed E-state index contributed by atoms with van der Waals surface area (Å²) in [7, 11) is -0.589. The van der Waals surface area contributed by atoms with E-state index in [-0.39, 0.29) is 0 Å². The van der Waals surface area contributed by atoms with E-state index in [1.165, 1.54) is 12.1 Å². The third kappa shape index (κ3) is 3.61. The lowest BCUT2D eigenvalue weighted by molar-refractivity contribution is -0.137. The second-order valence-corrected chi connectivity index (χ2v) is 7.10. The second-order valence-electron chi connectivity index (χ2n) is 6.54. The molecule has 22 heavy (non-hydrogen) atoms. The number of halogens is 4. The molecule has 0 spiro atoms. The fourth-order valence-electron chi connectivity index (χ4n) is 2.19. The van der Waals surface area contributed by atoms with Crippen LogP contribution in [0.3, 0.4) is 0 Å². The molecule has 1 atom stereocenters. The third-order valence-corrected chi connectivity index (χ3v) is 4.64. The maximum Gasteiger partial charge on any atom is 0.477 e. The molecule has 1 aliphatic rings. The first-order valence-electron chi connectivity index (χ1n) is 7.08. The Morgan fingerprint density at radius 3 is 1.91 bits per heavy atom. The van der Waals surface area contributed by atoms with Crippen molar-refractivity contribution in [3.8, 4) is 0 Å². The van der Waals surface area contributed by atoms with Crippen LogP contribution < -0.4 is 0 Å². The summed E-state index contributed by atoms with van der Waals surface area (Å²) in [6.45, 7) is 7.70. The van der Waals surface area contributed by atoms with Crippen molar-refractivity contribution in [3.63, 3.8) is 0 Å². The lowest BCUT2D eigenvalue weighted by atomic mass is 9.80. The summed E-state index contributed by atoms with van der Waals surface area (Å²) < 4.78 is 49.3. The Morgan fingerprint density at radius 1 is 1.05 bits per heavy atom. The first kappa shape index (κ1) is 17.6. The molecule has 0 bridgehead atoms. The van der Waals surface area contributed by atoms with Gasteiger partial charge in [-0.25, -0.2) is 0 Å². The van der Waals surface area contributed by atoms with Crippen LogP contribution >= 0.6 is 11.6 Å². The second kappa shape index (κ2) is 5.73. The molecule has 122 valence electrons. The zero-order valence-corrected chi connectivity index (χ0v) is 13.8. The van der Waals surface area contributed by atoms with Gasteiger partial charge in [0.25, 0.3) is 0 Å². The average Bonchev–Trinajstić information content (AvgIpc) is 2.58. The molecule has 0 N–H and O–H groups in total. The first-order valence-corrected chi connectivity index (χ1v) is 7.52. The molecule has 1 saturated heterocycles. The topological polar surface area (TPSA) is 18.5 Å². The Hall–Kier alpha value is -0.715. The minimum Gasteiger partial charge on any atom is -0.402 e. The van der Waals surface area contributed by atoms with Crippen LogP contribution in [0.1, 0.15) is 38.8 Å². The monoisotopic (exact) mass is 334 g/mol. The van der Waals surface area contributed by atoms with Crippen molar-refractivity contribution in [3.05, 3.63) is 35.4 Å². The molecule has 1 aromatic rings. The van der Waals surface area contributed by atoms with Gasteiger partial charge in [-0.3, -0.25) is 0 Å². The summed E-state index contributed by atoms with van der Waals surface area (Å²) >= 11 is 6.33. The van der Waals surface area contributed by atoms with Gasteiger partial charge in [0.2, 0.25) is 0 Å². The van der Waals surface area contributed by atoms with Gasteiger partial charge in [-0.2, -0.15) is 13.2 Å². The van der Waals surface area contributed by atoms with Crippen molar-refractivity contribution in [2.24, 2.45) is 0 Å². The minimum absolute atomic E-state index is 0.372. The van der Waals surface area contributed by atoms with Gasteiger partial charge in [0.05, 0.1) is 22.0 Å². The van der Waals surface area contributed by atoms with Gasteiger partial charge in [0.15, 0.2) is 0 Å². The highest BCUT2D eigenvalue weighted by atomic mass is 35.5. The number of hydrogen-bond acceptors (Lipinski definition) is 2. The van der Waals surface area contributed by atoms with Crippen molar-refractivity contribution in [2.75, 3.05) is 0 Å². The van der Waals surface area contributed by atoms with Crippen molar-refractivity contribution in [2.45, 2.75) is 56.8 Å². The molecule has 0 saturated carbocycles. The quantitative estimate of drug-likeness (QED) is 0.599. The van der Waals surface area contributed by atoms with Crippen LogP contribution in [0.5, 0.6) is 0 Å². The summed E-state index contributed by atoms with van der Waals surface area (Å²) in [5.74, 6) is 0. The predicted molar refractivity (Wildman–Crippen MR) is 80.9 cm³/mol. The molecule has 2 rings (SSSR count). The maximum atomic E-state index is 12.5. The lowest BCUT2D eigenvalue weighted by Gasteiger charge is -2.32. The van der Waals surface area contributed by atoms with Crippen LogP contribution in [0.4, 0.5) is 13.2 Å². The van der Waals surface area contributed by atoms with E-state index in [1.807, 2.05) is 27.7 Å². The van der Waals surface area contributed by atoms with Gasteiger partial charge >= 0.3 is 13.3 Å². The molecule has 2 nitrogen and oxygen atoms in total. The van der Waals surface area contributed by atoms with E-state index in [2.05, 4.69) is 0 Å². The van der Waals surface area contributed by atoms with Crippen LogP contribution in [0.15, 0.2) is 24.3 Å². The van der Waals surface area contributed by atoms with Crippen molar-refractivity contribution in [1.29, 1.82) is 0 Å². The molecular formula is C15H19BClF3O2. The van der Waals surface area contributed by atoms with E-state index in [0.717, 1.165) is 12.1 Å². The van der Waals surface area contributed by atoms with Gasteiger partial charge in [0, 0.05) is 0 Å². The largest absolute Gasteiger partial charge is 0.477 e. The summed E-state index contributed by atoms with van der Waals surface area (Å²) in [6, 6.07) is 4.99. The highest BCUT2D eigenvalue weighted by Gasteiger charge is 2.53. The van der Waals surface area contributed by atoms with Crippen molar-refractivity contribution in [1.82, 2.24) is 0 Å². The molecule has 0 aliphatic carbocycles. The van der Waals surface area contributed by atoms with E-state index in [0.29, 0.717) is 12.0 Å². The summed E-state index contributed by atoms with van der Waals surface area (Å²) in [6.07, 6.45) is -3.96. The molecule has 1 heterocycles. The molecule has 0 amide bonds. The molecular weight excluding hydrogens is 315 g/mol. The molecule has 0 unspecified atom stereocenters. The minimum atomic E-state index is -4.33. The van der Waals surface area contributed by atoms with E-state index in [1.54, 1.807) is 0 Å². The zero-order chi connectivity index (χ0) is 16.8. The predicted octanol–water partition coefficient (Wildman–Crippen LogP) is 4.49. The Kier molecular flexibility index (Phi) is 4.59. The SMILES string of the molecule is CC1(C)OB([C@H](Cl)Cc2ccc(C(F)(F)F)cc2)OC1(C)C. The number of hydrogen-bond donors (Lipinski definition) is 0. The maximum absolute atomic E-state index is 12.5. The van der Waals surface area contributed by atoms with E-state index in [4.69, 9.17) is 20.9 Å². The van der Waals surface area contributed by atoms with Crippen LogP contribution in [0.25, 0.3) is 0 Å². The standard InChI is InChI=1S/C15H19BClF3O2/c1-13(2)14(3,4)22-16(21-13)12(17)9-10-5-7-11(8-6-10)15(18,19)20/h5-8,12H,9H2,1-4H3/t12-/m1/s1. The molecule has 1 aromatic carbocycles. The van der Waals surface area contributed by atoms with E-state index in [9.17, 15) is 13.2 Å². The fraction of sp³-hybridized carbons (Fsp3) is 0.600. The lowest BCUT2D eigenvalue weighted by Crippen LogP contribution is -2.41. The zero-order valence-electron chi connectivity index (χ0n) is 13.0. The molecule has 0 radical (unpaired) electrons. The highest BCUT2D eigenvalue weighted by molar-refractivity contribution is 6.60. The molecule has 1 aliphatic heterocycles. The van der Waals surface area contributed by atoms with Gasteiger partial charge < -0.3 is 9.31 Å². The number of benzene rings is 1. The number of alkyl halides is 4. The third-order valence-electron chi connectivity index (χ3n) is 4.28.